The highest BCUT2D eigenvalue weighted by molar-refractivity contribution is 5.72. The Bertz CT molecular complexity index is 1210. The summed E-state index contributed by atoms with van der Waals surface area (Å²) in [6.45, 7) is 8.86. The van der Waals surface area contributed by atoms with Crippen LogP contribution in [-0.4, -0.2) is 24.2 Å². The molecule has 0 saturated carbocycles. The van der Waals surface area contributed by atoms with Crippen LogP contribution in [-0.2, 0) is 9.53 Å². The van der Waals surface area contributed by atoms with Crippen LogP contribution in [0.15, 0.2) is 83.0 Å². The fourth-order valence-corrected chi connectivity index (χ4v) is 4.12. The van der Waals surface area contributed by atoms with Crippen LogP contribution in [0.3, 0.4) is 0 Å². The second-order valence-corrected chi connectivity index (χ2v) is 9.05. The fourth-order valence-electron chi connectivity index (χ4n) is 4.12. The lowest BCUT2D eigenvalue weighted by Crippen LogP contribution is -2.29. The zero-order valence-corrected chi connectivity index (χ0v) is 21.8. The first-order chi connectivity index (χ1) is 17.8. The van der Waals surface area contributed by atoms with Gasteiger partial charge in [-0.2, -0.15) is 10.2 Å². The van der Waals surface area contributed by atoms with Gasteiger partial charge in [-0.05, 0) is 74.1 Å². The van der Waals surface area contributed by atoms with Gasteiger partial charge in [0.15, 0.2) is 6.73 Å². The Balaban J connectivity index is 1.59. The smallest absolute Gasteiger partial charge is 0.310 e. The molecule has 194 valence electrons. The average molecular weight is 503 g/mol. The van der Waals surface area contributed by atoms with Crippen LogP contribution in [0.25, 0.3) is 0 Å². The molecule has 2 atom stereocenters. The highest BCUT2D eigenvalue weighted by atomic mass is 16.6. The monoisotopic (exact) mass is 502 g/mol. The third-order valence-electron chi connectivity index (χ3n) is 6.43. The van der Waals surface area contributed by atoms with E-state index in [4.69, 9.17) is 4.74 Å². The number of carbonyl (C=O) groups excluding carboxylic acids is 1. The number of esters is 1. The molecule has 0 aromatic heterocycles. The van der Waals surface area contributed by atoms with Crippen molar-refractivity contribution >= 4 is 28.7 Å². The molecule has 0 amide bonds. The summed E-state index contributed by atoms with van der Waals surface area (Å²) in [5.41, 5.74) is 4.32. The summed E-state index contributed by atoms with van der Waals surface area (Å²) in [5.74, 6) is -0.0766. The van der Waals surface area contributed by atoms with Crippen molar-refractivity contribution in [2.75, 3.05) is 18.2 Å². The van der Waals surface area contributed by atoms with Crippen molar-refractivity contribution in [2.24, 2.45) is 16.1 Å². The third kappa shape index (κ3) is 7.70. The zero-order chi connectivity index (χ0) is 26.8. The summed E-state index contributed by atoms with van der Waals surface area (Å²) >= 11 is 0. The van der Waals surface area contributed by atoms with Gasteiger partial charge in [0, 0.05) is 24.4 Å². The van der Waals surface area contributed by atoms with E-state index in [1.807, 2.05) is 62.1 Å². The molecule has 0 heterocycles. The van der Waals surface area contributed by atoms with Crippen molar-refractivity contribution in [1.82, 2.24) is 0 Å². The molecule has 0 aliphatic heterocycles. The van der Waals surface area contributed by atoms with Gasteiger partial charge in [0.05, 0.1) is 22.2 Å². The molecule has 0 aliphatic rings. The molecule has 0 saturated heterocycles. The molecule has 0 spiro atoms. The number of anilines is 1. The number of carbonyl (C=O) groups is 1. The molecular formula is C29H34N4O4. The predicted molar refractivity (Wildman–Crippen MR) is 146 cm³/mol. The highest BCUT2D eigenvalue weighted by Crippen LogP contribution is 2.29. The zero-order valence-electron chi connectivity index (χ0n) is 21.8. The van der Waals surface area contributed by atoms with Gasteiger partial charge < -0.3 is 9.64 Å². The number of ether oxygens (including phenoxy) is 1. The Morgan fingerprint density at radius 2 is 1.73 bits per heavy atom. The molecule has 2 unspecified atom stereocenters. The maximum absolute atomic E-state index is 12.8. The molecule has 0 N–H and O–H groups in total. The largest absolute Gasteiger partial charge is 0.444 e. The van der Waals surface area contributed by atoms with Crippen LogP contribution in [0.4, 0.5) is 22.7 Å². The van der Waals surface area contributed by atoms with Crippen molar-refractivity contribution in [3.63, 3.8) is 0 Å². The van der Waals surface area contributed by atoms with Crippen molar-refractivity contribution in [3.8, 4) is 0 Å². The fraction of sp³-hybridized carbons (Fsp3) is 0.345. The first-order valence-corrected chi connectivity index (χ1v) is 12.6. The van der Waals surface area contributed by atoms with Crippen LogP contribution >= 0.6 is 0 Å². The van der Waals surface area contributed by atoms with Gasteiger partial charge in [-0.1, -0.05) is 44.2 Å². The minimum Gasteiger partial charge on any atom is -0.444 e. The Morgan fingerprint density at radius 1 is 1.03 bits per heavy atom. The standard InChI is InChI=1S/C29H34N4O4/c1-5-23(24-10-8-7-9-11-24)18-22(4)29(34)37-20-32(6-2)27-16-17-28(21(3)19-27)31-30-25-12-14-26(15-13-25)33(35)36/h7-17,19,22-23H,5-6,18,20H2,1-4H3. The van der Waals surface area contributed by atoms with Crippen LogP contribution < -0.4 is 4.90 Å². The first kappa shape index (κ1) is 27.5. The van der Waals surface area contributed by atoms with Gasteiger partial charge in [0.2, 0.25) is 0 Å². The lowest BCUT2D eigenvalue weighted by atomic mass is 9.88. The summed E-state index contributed by atoms with van der Waals surface area (Å²) in [5, 5.41) is 19.3. The van der Waals surface area contributed by atoms with Crippen molar-refractivity contribution in [3.05, 3.63) is 94.0 Å². The second-order valence-electron chi connectivity index (χ2n) is 9.05. The normalized spacial score (nSPS) is 12.8. The van der Waals surface area contributed by atoms with Gasteiger partial charge in [0.25, 0.3) is 5.69 Å². The number of azo groups is 1. The Kier molecular flexibility index (Phi) is 9.89. The van der Waals surface area contributed by atoms with Crippen molar-refractivity contribution < 1.29 is 14.5 Å². The molecule has 37 heavy (non-hydrogen) atoms. The topological polar surface area (TPSA) is 97.4 Å². The van der Waals surface area contributed by atoms with E-state index in [-0.39, 0.29) is 24.3 Å². The number of nitro groups is 1. The molecule has 3 rings (SSSR count). The van der Waals surface area contributed by atoms with E-state index < -0.39 is 4.92 Å². The SMILES string of the molecule is CCC(CC(C)C(=O)OCN(CC)c1ccc(N=Nc2ccc([N+](=O)[O-])cc2)c(C)c1)c1ccccc1. The van der Waals surface area contributed by atoms with E-state index in [0.717, 1.165) is 24.1 Å². The highest BCUT2D eigenvalue weighted by Gasteiger charge is 2.21. The Hall–Kier alpha value is -4.07. The summed E-state index contributed by atoms with van der Waals surface area (Å²) in [7, 11) is 0. The molecule has 3 aromatic carbocycles. The number of hydrogen-bond donors (Lipinski definition) is 0. The predicted octanol–water partition coefficient (Wildman–Crippen LogP) is 7.87. The summed E-state index contributed by atoms with van der Waals surface area (Å²) < 4.78 is 5.69. The van der Waals surface area contributed by atoms with Gasteiger partial charge in [-0.3, -0.25) is 14.9 Å². The number of hydrogen-bond acceptors (Lipinski definition) is 7. The summed E-state index contributed by atoms with van der Waals surface area (Å²) in [6.07, 6.45) is 1.72. The lowest BCUT2D eigenvalue weighted by Gasteiger charge is -2.25. The summed E-state index contributed by atoms with van der Waals surface area (Å²) in [4.78, 5) is 25.1. The van der Waals surface area contributed by atoms with E-state index in [0.29, 0.717) is 23.8 Å². The van der Waals surface area contributed by atoms with Gasteiger partial charge in [-0.25, -0.2) is 0 Å². The lowest BCUT2D eigenvalue weighted by molar-refractivity contribution is -0.384. The van der Waals surface area contributed by atoms with E-state index in [9.17, 15) is 14.9 Å². The van der Waals surface area contributed by atoms with Gasteiger partial charge in [-0.15, -0.1) is 0 Å². The quantitative estimate of drug-likeness (QED) is 0.0825. The van der Waals surface area contributed by atoms with Crippen LogP contribution in [0.2, 0.25) is 0 Å². The molecule has 0 fully saturated rings. The summed E-state index contributed by atoms with van der Waals surface area (Å²) in [6, 6.07) is 22.0. The van der Waals surface area contributed by atoms with Crippen LogP contribution in [0, 0.1) is 23.0 Å². The maximum atomic E-state index is 12.8. The second kappa shape index (κ2) is 13.3. The number of aryl methyl sites for hydroxylation is 1. The molecule has 0 bridgehead atoms. The van der Waals surface area contributed by atoms with Gasteiger partial charge >= 0.3 is 5.97 Å². The molecule has 3 aromatic rings. The number of non-ortho nitro benzene ring substituents is 1. The number of nitro benzene ring substituents is 1. The van der Waals surface area contributed by atoms with Crippen LogP contribution in [0.5, 0.6) is 0 Å². The minimum absolute atomic E-state index is 0.00982. The number of nitrogens with zero attached hydrogens (tertiary/aromatic N) is 4. The number of rotatable bonds is 12. The molecule has 0 aliphatic carbocycles. The van der Waals surface area contributed by atoms with Crippen LogP contribution in [0.1, 0.15) is 50.7 Å². The van der Waals surface area contributed by atoms with Gasteiger partial charge in [0.1, 0.15) is 0 Å². The first-order valence-electron chi connectivity index (χ1n) is 12.6. The Morgan fingerprint density at radius 3 is 2.32 bits per heavy atom. The molecule has 8 heteroatoms. The molecular weight excluding hydrogens is 468 g/mol. The minimum atomic E-state index is -0.451. The number of benzene rings is 3. The van der Waals surface area contributed by atoms with Crippen molar-refractivity contribution in [2.45, 2.75) is 46.5 Å². The van der Waals surface area contributed by atoms with E-state index in [1.54, 1.807) is 12.1 Å². The Labute approximate surface area is 218 Å². The maximum Gasteiger partial charge on any atom is 0.310 e. The van der Waals surface area contributed by atoms with E-state index in [2.05, 4.69) is 29.3 Å². The van der Waals surface area contributed by atoms with Crippen molar-refractivity contribution in [1.29, 1.82) is 0 Å². The molecule has 0 radical (unpaired) electrons. The van der Waals surface area contributed by atoms with E-state index >= 15 is 0 Å². The third-order valence-corrected chi connectivity index (χ3v) is 6.43. The van der Waals surface area contributed by atoms with E-state index in [1.165, 1.54) is 17.7 Å². The average Bonchev–Trinajstić information content (AvgIpc) is 2.92. The molecule has 8 nitrogen and oxygen atoms in total.